The van der Waals surface area contributed by atoms with Gasteiger partial charge in [-0.2, -0.15) is 0 Å². The minimum absolute atomic E-state index is 0.579. The number of imidazole rings is 1. The summed E-state index contributed by atoms with van der Waals surface area (Å²) in [6, 6.07) is 11.4. The molecule has 11 nitrogen and oxygen atoms in total. The molecule has 5 aromatic rings. The maximum atomic E-state index is 6.12. The van der Waals surface area contributed by atoms with E-state index in [0.29, 0.717) is 40.0 Å². The number of ether oxygens (including phenoxy) is 2. The summed E-state index contributed by atoms with van der Waals surface area (Å²) in [5.74, 6) is 3.12. The summed E-state index contributed by atoms with van der Waals surface area (Å²) in [7, 11) is 3.57. The molecule has 0 unspecified atom stereocenters. The summed E-state index contributed by atoms with van der Waals surface area (Å²) in [6.07, 6.45) is 5.02. The molecule has 1 saturated heterocycles. The molecule has 4 heterocycles. The second kappa shape index (κ2) is 9.27. The van der Waals surface area contributed by atoms with E-state index < -0.39 is 0 Å². The van der Waals surface area contributed by atoms with Gasteiger partial charge >= 0.3 is 0 Å². The van der Waals surface area contributed by atoms with Crippen molar-refractivity contribution in [3.05, 3.63) is 55.2 Å². The Bertz CT molecular complexity index is 1550. The third-order valence-corrected chi connectivity index (χ3v) is 6.12. The van der Waals surface area contributed by atoms with Gasteiger partial charge in [-0.3, -0.25) is 0 Å². The molecular formula is C25H25N9O2. The number of rotatable bonds is 6. The van der Waals surface area contributed by atoms with Crippen molar-refractivity contribution in [2.75, 3.05) is 43.5 Å². The lowest BCUT2D eigenvalue weighted by molar-refractivity contribution is 0.379. The molecule has 0 aliphatic carbocycles. The van der Waals surface area contributed by atoms with Crippen LogP contribution in [-0.2, 0) is 7.05 Å². The van der Waals surface area contributed by atoms with Crippen LogP contribution in [0.2, 0.25) is 0 Å². The lowest BCUT2D eigenvalue weighted by atomic mass is 10.2. The van der Waals surface area contributed by atoms with Gasteiger partial charge in [0.25, 0.3) is 0 Å². The Hall–Kier alpha value is -4.51. The second-order valence-electron chi connectivity index (χ2n) is 8.46. The third kappa shape index (κ3) is 4.20. The Kier molecular flexibility index (Phi) is 5.66. The molecule has 36 heavy (non-hydrogen) atoms. The van der Waals surface area contributed by atoms with Crippen LogP contribution in [0.5, 0.6) is 17.2 Å². The summed E-state index contributed by atoms with van der Waals surface area (Å²) < 4.78 is 13.7. The summed E-state index contributed by atoms with van der Waals surface area (Å²) in [5, 5.41) is 6.69. The summed E-state index contributed by atoms with van der Waals surface area (Å²) in [6.45, 7) is 3.52. The molecule has 0 saturated carbocycles. The Morgan fingerprint density at radius 1 is 0.944 bits per heavy atom. The van der Waals surface area contributed by atoms with E-state index in [1.54, 1.807) is 19.6 Å². The Labute approximate surface area is 207 Å². The molecule has 0 radical (unpaired) electrons. The molecule has 0 bridgehead atoms. The van der Waals surface area contributed by atoms with Gasteiger partial charge in [-0.1, -0.05) is 0 Å². The van der Waals surface area contributed by atoms with Crippen molar-refractivity contribution in [1.29, 1.82) is 0 Å². The van der Waals surface area contributed by atoms with Gasteiger partial charge in [0, 0.05) is 51.0 Å². The molecule has 0 amide bonds. The van der Waals surface area contributed by atoms with E-state index in [4.69, 9.17) is 14.5 Å². The van der Waals surface area contributed by atoms with Gasteiger partial charge in [0.05, 0.1) is 30.7 Å². The number of fused-ring (bicyclic) bond motifs is 2. The lowest BCUT2D eigenvalue weighted by Gasteiger charge is -2.27. The number of aryl methyl sites for hydroxylation is 1. The molecule has 6 rings (SSSR count). The van der Waals surface area contributed by atoms with Crippen LogP contribution >= 0.6 is 0 Å². The van der Waals surface area contributed by atoms with Gasteiger partial charge in [-0.25, -0.2) is 24.9 Å². The molecule has 182 valence electrons. The Balaban J connectivity index is 1.27. The monoisotopic (exact) mass is 483 g/mol. The first kappa shape index (κ1) is 22.0. The average molecular weight is 484 g/mol. The van der Waals surface area contributed by atoms with Gasteiger partial charge in [0.1, 0.15) is 23.1 Å². The molecule has 0 spiro atoms. The summed E-state index contributed by atoms with van der Waals surface area (Å²) in [5.41, 5.74) is 4.01. The molecule has 1 fully saturated rings. The Morgan fingerprint density at radius 3 is 2.69 bits per heavy atom. The van der Waals surface area contributed by atoms with Crippen LogP contribution in [0.4, 0.5) is 17.5 Å². The number of aromatic nitrogens is 6. The Morgan fingerprint density at radius 2 is 1.83 bits per heavy atom. The zero-order valence-corrected chi connectivity index (χ0v) is 20.0. The van der Waals surface area contributed by atoms with Crippen LogP contribution in [0.1, 0.15) is 0 Å². The van der Waals surface area contributed by atoms with Crippen molar-refractivity contribution < 1.29 is 9.47 Å². The van der Waals surface area contributed by atoms with Gasteiger partial charge in [0.2, 0.25) is 5.95 Å². The average Bonchev–Trinajstić information content (AvgIpc) is 3.29. The van der Waals surface area contributed by atoms with Crippen molar-refractivity contribution in [2.24, 2.45) is 7.05 Å². The highest BCUT2D eigenvalue weighted by atomic mass is 16.5. The highest BCUT2D eigenvalue weighted by Crippen LogP contribution is 2.36. The minimum atomic E-state index is 0.579. The van der Waals surface area contributed by atoms with Crippen LogP contribution < -0.4 is 25.0 Å². The first-order valence-corrected chi connectivity index (χ1v) is 11.7. The van der Waals surface area contributed by atoms with Crippen LogP contribution in [0, 0.1) is 0 Å². The van der Waals surface area contributed by atoms with E-state index in [-0.39, 0.29) is 0 Å². The van der Waals surface area contributed by atoms with E-state index in [2.05, 4.69) is 35.5 Å². The smallest absolute Gasteiger partial charge is 0.226 e. The number of nitrogens with one attached hydrogen (secondary N) is 2. The SMILES string of the molecule is COc1cc(Nc2ncnc3cnc(N4CCNCC4)nc23)ccc1Oc1ccc2c(c1)ncn2C. The molecular weight excluding hydrogens is 458 g/mol. The van der Waals surface area contributed by atoms with Crippen molar-refractivity contribution in [1.82, 2.24) is 34.8 Å². The molecule has 11 heteroatoms. The largest absolute Gasteiger partial charge is 0.493 e. The van der Waals surface area contributed by atoms with Crippen molar-refractivity contribution >= 4 is 39.5 Å². The number of nitrogens with zero attached hydrogens (tertiary/aromatic N) is 7. The maximum Gasteiger partial charge on any atom is 0.226 e. The fraction of sp³-hybridized carbons (Fsp3) is 0.240. The van der Waals surface area contributed by atoms with Crippen LogP contribution in [-0.4, -0.2) is 62.8 Å². The first-order chi connectivity index (χ1) is 17.7. The van der Waals surface area contributed by atoms with Crippen molar-refractivity contribution in [2.45, 2.75) is 0 Å². The third-order valence-electron chi connectivity index (χ3n) is 6.12. The molecule has 3 aromatic heterocycles. The fourth-order valence-corrected chi connectivity index (χ4v) is 4.23. The normalized spacial score (nSPS) is 13.8. The predicted molar refractivity (Wildman–Crippen MR) is 137 cm³/mol. The van der Waals surface area contributed by atoms with Gasteiger partial charge in [-0.15, -0.1) is 0 Å². The van der Waals surface area contributed by atoms with Gasteiger partial charge in [-0.05, 0) is 24.3 Å². The van der Waals surface area contributed by atoms with E-state index in [1.165, 1.54) is 6.33 Å². The quantitative estimate of drug-likeness (QED) is 0.373. The highest BCUT2D eigenvalue weighted by molar-refractivity contribution is 5.87. The molecule has 1 aliphatic heterocycles. The number of anilines is 3. The second-order valence-corrected chi connectivity index (χ2v) is 8.46. The van der Waals surface area contributed by atoms with Crippen molar-refractivity contribution in [3.8, 4) is 17.2 Å². The highest BCUT2D eigenvalue weighted by Gasteiger charge is 2.16. The van der Waals surface area contributed by atoms with E-state index >= 15 is 0 Å². The lowest BCUT2D eigenvalue weighted by Crippen LogP contribution is -2.44. The predicted octanol–water partition coefficient (Wildman–Crippen LogP) is 3.26. The molecule has 0 atom stereocenters. The molecule has 2 aromatic carbocycles. The van der Waals surface area contributed by atoms with Gasteiger partial charge in [0.15, 0.2) is 17.3 Å². The molecule has 1 aliphatic rings. The number of hydrogen-bond acceptors (Lipinski definition) is 10. The van der Waals surface area contributed by atoms with E-state index in [1.807, 2.05) is 48.0 Å². The first-order valence-electron chi connectivity index (χ1n) is 11.7. The maximum absolute atomic E-state index is 6.12. The standard InChI is InChI=1S/C25H25N9O2/c1-33-15-30-18-12-17(4-5-20(18)33)36-21-6-3-16(11-22(21)35-2)31-24-23-19(28-14-29-24)13-27-25(32-23)34-9-7-26-8-10-34/h3-6,11-15,26H,7-10H2,1-2H3,(H,28,29,31). The zero-order valence-electron chi connectivity index (χ0n) is 20.0. The number of methoxy groups -OCH3 is 1. The zero-order chi connectivity index (χ0) is 24.5. The number of piperazine rings is 1. The van der Waals surface area contributed by atoms with E-state index in [0.717, 1.165) is 42.9 Å². The van der Waals surface area contributed by atoms with Crippen LogP contribution in [0.3, 0.4) is 0 Å². The number of benzene rings is 2. The van der Waals surface area contributed by atoms with Crippen LogP contribution in [0.25, 0.3) is 22.1 Å². The van der Waals surface area contributed by atoms with E-state index in [9.17, 15) is 0 Å². The minimum Gasteiger partial charge on any atom is -0.493 e. The fourth-order valence-electron chi connectivity index (χ4n) is 4.23. The molecule has 2 N–H and O–H groups in total. The summed E-state index contributed by atoms with van der Waals surface area (Å²) in [4.78, 5) is 24.6. The van der Waals surface area contributed by atoms with Crippen molar-refractivity contribution in [3.63, 3.8) is 0 Å². The van der Waals surface area contributed by atoms with Gasteiger partial charge < -0.3 is 29.6 Å². The van der Waals surface area contributed by atoms with Crippen LogP contribution in [0.15, 0.2) is 55.2 Å². The topological polar surface area (TPSA) is 115 Å². The number of hydrogen-bond donors (Lipinski definition) is 2. The summed E-state index contributed by atoms with van der Waals surface area (Å²) >= 11 is 0.